The van der Waals surface area contributed by atoms with Gasteiger partial charge in [-0.25, -0.2) is 0 Å². The number of carbonyl (C=O) groups is 3. The second-order valence-corrected chi connectivity index (χ2v) is 10.1. The number of nitrogens with one attached hydrogen (secondary N) is 2. The number of benzene rings is 1. The van der Waals surface area contributed by atoms with Gasteiger partial charge in [-0.15, -0.1) is 5.92 Å². The lowest BCUT2D eigenvalue weighted by Gasteiger charge is -2.41. The van der Waals surface area contributed by atoms with Crippen LogP contribution in [0.5, 0.6) is 0 Å². The first-order valence-electron chi connectivity index (χ1n) is 13.1. The van der Waals surface area contributed by atoms with Crippen LogP contribution in [0.2, 0.25) is 0 Å². The normalized spacial score (nSPS) is 27.1. The Bertz CT molecular complexity index is 1000. The van der Waals surface area contributed by atoms with Crippen LogP contribution in [-0.4, -0.2) is 78.4 Å². The van der Waals surface area contributed by atoms with Gasteiger partial charge in [0.2, 0.25) is 11.8 Å². The summed E-state index contributed by atoms with van der Waals surface area (Å²) in [7, 11) is 1.73. The molecule has 0 aliphatic carbocycles. The summed E-state index contributed by atoms with van der Waals surface area (Å²) in [6.45, 7) is 4.86. The van der Waals surface area contributed by atoms with Crippen molar-refractivity contribution in [2.45, 2.75) is 76.2 Å². The van der Waals surface area contributed by atoms with E-state index >= 15 is 0 Å². The fourth-order valence-electron chi connectivity index (χ4n) is 5.83. The molecule has 3 aliphatic heterocycles. The van der Waals surface area contributed by atoms with Crippen LogP contribution in [-0.2, 0) is 19.1 Å². The van der Waals surface area contributed by atoms with E-state index in [0.717, 1.165) is 31.2 Å². The highest BCUT2D eigenvalue weighted by molar-refractivity contribution is 5.90. The highest BCUT2D eigenvalue weighted by Crippen LogP contribution is 2.40. The monoisotopic (exact) mass is 494 g/mol. The fraction of sp³-hybridized carbons (Fsp3) is 0.607. The standard InChI is InChI=1S/C28H38N4O4/c1-4-5-16-36-25(20-10-7-6-8-11-20)28(35)31-15-14-21-17-22-12-9-13-23(30-26(33)19(2)29-3)27(34)32(22)24(21)18-31/h6-8,10-11,19,21-25,29H,9,12-18H2,1-3H3,(H,30,33)/t19-,21?,22-,23-,24?,25?/m0/s1. The van der Waals surface area contributed by atoms with Crippen LogP contribution in [0, 0.1) is 17.8 Å². The number of carbonyl (C=O) groups excluding carboxylic acids is 3. The zero-order chi connectivity index (χ0) is 25.7. The number of rotatable bonds is 7. The van der Waals surface area contributed by atoms with Gasteiger partial charge in [-0.05, 0) is 64.5 Å². The first-order valence-corrected chi connectivity index (χ1v) is 13.1. The van der Waals surface area contributed by atoms with Crippen molar-refractivity contribution >= 4 is 17.7 Å². The number of hydrogen-bond acceptors (Lipinski definition) is 5. The molecule has 8 heteroatoms. The molecule has 3 amide bonds. The average Bonchev–Trinajstić information content (AvgIpc) is 3.19. The molecule has 3 saturated heterocycles. The van der Waals surface area contributed by atoms with Gasteiger partial charge < -0.3 is 25.2 Å². The van der Waals surface area contributed by atoms with Crippen LogP contribution in [0.25, 0.3) is 0 Å². The number of fused-ring (bicyclic) bond motifs is 3. The van der Waals surface area contributed by atoms with Gasteiger partial charge in [0.1, 0.15) is 12.6 Å². The lowest BCUT2D eigenvalue weighted by molar-refractivity contribution is -0.148. The molecule has 6 atom stereocenters. The molecule has 1 aromatic carbocycles. The molecule has 36 heavy (non-hydrogen) atoms. The predicted octanol–water partition coefficient (Wildman–Crippen LogP) is 1.86. The average molecular weight is 495 g/mol. The number of hydrogen-bond donors (Lipinski definition) is 2. The number of likely N-dealkylation sites (tertiary alicyclic amines) is 1. The van der Waals surface area contributed by atoms with Crippen molar-refractivity contribution in [3.63, 3.8) is 0 Å². The van der Waals surface area contributed by atoms with E-state index in [1.165, 1.54) is 0 Å². The van der Waals surface area contributed by atoms with Crippen molar-refractivity contribution in [3.05, 3.63) is 35.9 Å². The Hall–Kier alpha value is -2.89. The molecular weight excluding hydrogens is 456 g/mol. The van der Waals surface area contributed by atoms with Gasteiger partial charge in [0, 0.05) is 19.1 Å². The summed E-state index contributed by atoms with van der Waals surface area (Å²) in [5.74, 6) is 5.82. The number of piperidine rings is 1. The first kappa shape index (κ1) is 26.2. The third-order valence-electron chi connectivity index (χ3n) is 7.91. The number of likely N-dealkylation sites (N-methyl/N-ethyl adjacent to an activating group) is 1. The molecule has 3 aliphatic rings. The van der Waals surface area contributed by atoms with Crippen LogP contribution < -0.4 is 10.6 Å². The smallest absolute Gasteiger partial charge is 0.256 e. The largest absolute Gasteiger partial charge is 0.351 e. The molecule has 0 aromatic heterocycles. The Morgan fingerprint density at radius 1 is 1.19 bits per heavy atom. The lowest BCUT2D eigenvalue weighted by atomic mass is 9.89. The van der Waals surface area contributed by atoms with Crippen LogP contribution in [0.4, 0.5) is 0 Å². The predicted molar refractivity (Wildman–Crippen MR) is 137 cm³/mol. The van der Waals surface area contributed by atoms with E-state index in [1.807, 2.05) is 40.1 Å². The Balaban J connectivity index is 1.50. The maximum atomic E-state index is 13.7. The molecule has 3 heterocycles. The van der Waals surface area contributed by atoms with Gasteiger partial charge in [0.15, 0.2) is 6.10 Å². The van der Waals surface area contributed by atoms with Crippen molar-refractivity contribution in [1.29, 1.82) is 0 Å². The van der Waals surface area contributed by atoms with E-state index in [9.17, 15) is 14.4 Å². The molecule has 3 fully saturated rings. The minimum atomic E-state index is -0.726. The Morgan fingerprint density at radius 3 is 2.69 bits per heavy atom. The molecule has 194 valence electrons. The van der Waals surface area contributed by atoms with Crippen molar-refractivity contribution in [3.8, 4) is 11.8 Å². The summed E-state index contributed by atoms with van der Waals surface area (Å²) in [4.78, 5) is 43.8. The topological polar surface area (TPSA) is 91.0 Å². The van der Waals surface area contributed by atoms with Gasteiger partial charge in [-0.1, -0.05) is 36.3 Å². The third-order valence-corrected chi connectivity index (χ3v) is 7.91. The maximum Gasteiger partial charge on any atom is 0.256 e. The van der Waals surface area contributed by atoms with Crippen LogP contribution >= 0.6 is 0 Å². The quantitative estimate of drug-likeness (QED) is 0.565. The molecule has 2 N–H and O–H groups in total. The molecule has 8 nitrogen and oxygen atoms in total. The molecule has 0 saturated carbocycles. The highest BCUT2D eigenvalue weighted by Gasteiger charge is 2.49. The Labute approximate surface area is 214 Å². The molecular formula is C28H38N4O4. The third kappa shape index (κ3) is 5.58. The minimum absolute atomic E-state index is 0.00923. The van der Waals surface area contributed by atoms with E-state index in [1.54, 1.807) is 20.9 Å². The van der Waals surface area contributed by atoms with Gasteiger partial charge in [-0.2, -0.15) is 0 Å². The summed E-state index contributed by atoms with van der Waals surface area (Å²) in [5.41, 5.74) is 0.805. The fourth-order valence-corrected chi connectivity index (χ4v) is 5.83. The summed E-state index contributed by atoms with van der Waals surface area (Å²) in [6.07, 6.45) is 3.59. The molecule has 0 radical (unpaired) electrons. The number of ether oxygens (including phenoxy) is 1. The lowest BCUT2D eigenvalue weighted by Crippen LogP contribution is -2.58. The molecule has 4 rings (SSSR count). The summed E-state index contributed by atoms with van der Waals surface area (Å²) in [5, 5.41) is 5.90. The van der Waals surface area contributed by atoms with Crippen LogP contribution in [0.1, 0.15) is 57.6 Å². The maximum absolute atomic E-state index is 13.7. The van der Waals surface area contributed by atoms with E-state index in [4.69, 9.17) is 4.74 Å². The zero-order valence-corrected chi connectivity index (χ0v) is 21.5. The van der Waals surface area contributed by atoms with E-state index in [0.29, 0.717) is 25.4 Å². The van der Waals surface area contributed by atoms with E-state index in [-0.39, 0.29) is 42.5 Å². The van der Waals surface area contributed by atoms with E-state index in [2.05, 4.69) is 22.5 Å². The molecule has 1 aromatic rings. The van der Waals surface area contributed by atoms with Crippen LogP contribution in [0.3, 0.4) is 0 Å². The van der Waals surface area contributed by atoms with Crippen LogP contribution in [0.15, 0.2) is 30.3 Å². The second-order valence-electron chi connectivity index (χ2n) is 10.1. The van der Waals surface area contributed by atoms with Crippen molar-refractivity contribution < 1.29 is 19.1 Å². The van der Waals surface area contributed by atoms with E-state index < -0.39 is 12.1 Å². The Kier molecular flexibility index (Phi) is 8.65. The van der Waals surface area contributed by atoms with Gasteiger partial charge in [0.25, 0.3) is 5.91 Å². The number of nitrogens with zero attached hydrogens (tertiary/aromatic N) is 2. The summed E-state index contributed by atoms with van der Waals surface area (Å²) < 4.78 is 5.94. The SMILES string of the molecule is CC#CCOC(C(=O)N1CCC2C[C@@H]3CCC[C@H](NC(=O)[C@H](C)NC)C(=O)N3C2C1)c1ccccc1. The van der Waals surface area contributed by atoms with Crippen molar-refractivity contribution in [1.82, 2.24) is 20.4 Å². The Morgan fingerprint density at radius 2 is 1.97 bits per heavy atom. The minimum Gasteiger partial charge on any atom is -0.351 e. The van der Waals surface area contributed by atoms with Crippen molar-refractivity contribution in [2.24, 2.45) is 5.92 Å². The molecule has 0 bridgehead atoms. The zero-order valence-electron chi connectivity index (χ0n) is 21.5. The van der Waals surface area contributed by atoms with Crippen molar-refractivity contribution in [2.75, 3.05) is 26.7 Å². The second kappa shape index (κ2) is 11.9. The van der Waals surface area contributed by atoms with Gasteiger partial charge >= 0.3 is 0 Å². The van der Waals surface area contributed by atoms with Gasteiger partial charge in [-0.3, -0.25) is 14.4 Å². The summed E-state index contributed by atoms with van der Waals surface area (Å²) >= 11 is 0. The highest BCUT2D eigenvalue weighted by atomic mass is 16.5. The molecule has 0 spiro atoms. The number of amides is 3. The first-order chi connectivity index (χ1) is 17.4. The summed E-state index contributed by atoms with van der Waals surface area (Å²) in [6, 6.07) is 8.77. The van der Waals surface area contributed by atoms with Gasteiger partial charge in [0.05, 0.1) is 12.1 Å². The molecule has 3 unspecified atom stereocenters.